The van der Waals surface area contributed by atoms with E-state index in [0.29, 0.717) is 17.3 Å². The minimum Gasteiger partial charge on any atom is -0.484 e. The van der Waals surface area contributed by atoms with Crippen LogP contribution in [-0.4, -0.2) is 22.2 Å². The number of nitro groups is 1. The third-order valence-electron chi connectivity index (χ3n) is 3.40. The highest BCUT2D eigenvalue weighted by Crippen LogP contribution is 2.33. The maximum atomic E-state index is 10.9. The van der Waals surface area contributed by atoms with Gasteiger partial charge >= 0.3 is 5.69 Å². The Morgan fingerprint density at radius 1 is 1.37 bits per heavy atom. The third-order valence-corrected chi connectivity index (χ3v) is 3.89. The first-order valence-electron chi connectivity index (χ1n) is 6.29. The van der Waals surface area contributed by atoms with Crippen molar-refractivity contribution in [1.29, 1.82) is 0 Å². The van der Waals surface area contributed by atoms with Gasteiger partial charge in [0, 0.05) is 10.5 Å². The van der Waals surface area contributed by atoms with E-state index in [1.165, 1.54) is 6.07 Å². The molecule has 0 radical (unpaired) electrons. The van der Waals surface area contributed by atoms with Crippen molar-refractivity contribution in [3.63, 3.8) is 0 Å². The lowest BCUT2D eigenvalue weighted by atomic mass is 9.85. The van der Waals surface area contributed by atoms with E-state index in [-0.39, 0.29) is 18.0 Å². The van der Waals surface area contributed by atoms with Gasteiger partial charge < -0.3 is 9.84 Å². The van der Waals surface area contributed by atoms with Gasteiger partial charge in [0.05, 0.1) is 10.5 Å². The van der Waals surface area contributed by atoms with Crippen molar-refractivity contribution in [2.24, 2.45) is 0 Å². The largest absolute Gasteiger partial charge is 0.484 e. The number of nitrogens with zero attached hydrogens (tertiary/aromatic N) is 1. The van der Waals surface area contributed by atoms with Crippen LogP contribution in [0.5, 0.6) is 5.75 Å². The topological polar surface area (TPSA) is 72.6 Å². The van der Waals surface area contributed by atoms with Crippen LogP contribution in [0, 0.1) is 10.1 Å². The van der Waals surface area contributed by atoms with Crippen LogP contribution in [0.4, 0.5) is 5.69 Å². The fourth-order valence-electron chi connectivity index (χ4n) is 2.32. The number of rotatable bonds is 4. The molecule has 6 heteroatoms. The van der Waals surface area contributed by atoms with Gasteiger partial charge in [0.15, 0.2) is 5.75 Å². The average Bonchev–Trinajstić information content (AvgIpc) is 2.38. The van der Waals surface area contributed by atoms with E-state index in [1.807, 2.05) is 0 Å². The van der Waals surface area contributed by atoms with Gasteiger partial charge in [0.1, 0.15) is 6.61 Å². The van der Waals surface area contributed by atoms with E-state index in [1.54, 1.807) is 12.1 Å². The van der Waals surface area contributed by atoms with Crippen molar-refractivity contribution in [3.8, 4) is 5.75 Å². The number of benzene rings is 1. The lowest BCUT2D eigenvalue weighted by molar-refractivity contribution is -0.386. The highest BCUT2D eigenvalue weighted by Gasteiger charge is 2.31. The molecule has 0 unspecified atom stereocenters. The summed E-state index contributed by atoms with van der Waals surface area (Å²) in [6.45, 7) is 0.107. The summed E-state index contributed by atoms with van der Waals surface area (Å²) < 4.78 is 6.11. The number of hydrogen-bond donors (Lipinski definition) is 1. The molecular weight excluding hydrogens is 314 g/mol. The minimum atomic E-state index is -0.848. The monoisotopic (exact) mass is 329 g/mol. The summed E-state index contributed by atoms with van der Waals surface area (Å²) in [7, 11) is 0. The van der Waals surface area contributed by atoms with Crippen molar-refractivity contribution in [1.82, 2.24) is 0 Å². The van der Waals surface area contributed by atoms with Crippen LogP contribution in [-0.2, 0) is 0 Å². The van der Waals surface area contributed by atoms with Gasteiger partial charge in [-0.05, 0) is 25.0 Å². The van der Waals surface area contributed by atoms with Crippen molar-refractivity contribution in [2.45, 2.75) is 37.7 Å². The number of aliphatic hydroxyl groups is 1. The maximum absolute atomic E-state index is 10.9. The molecule has 1 saturated carbocycles. The predicted octanol–water partition coefficient (Wildman–Crippen LogP) is 3.43. The molecule has 0 saturated heterocycles. The van der Waals surface area contributed by atoms with Crippen LogP contribution in [0.15, 0.2) is 22.7 Å². The summed E-state index contributed by atoms with van der Waals surface area (Å²) in [6, 6.07) is 4.64. The number of hydrogen-bond acceptors (Lipinski definition) is 4. The molecule has 1 fully saturated rings. The molecule has 0 atom stereocenters. The molecule has 1 aliphatic rings. The van der Waals surface area contributed by atoms with Crippen LogP contribution < -0.4 is 4.74 Å². The van der Waals surface area contributed by atoms with Crippen LogP contribution in [0.2, 0.25) is 0 Å². The summed E-state index contributed by atoms with van der Waals surface area (Å²) >= 11 is 3.19. The van der Waals surface area contributed by atoms with Gasteiger partial charge in [0.2, 0.25) is 0 Å². The van der Waals surface area contributed by atoms with Gasteiger partial charge in [-0.25, -0.2) is 0 Å². The molecule has 0 bridgehead atoms. The zero-order valence-corrected chi connectivity index (χ0v) is 12.1. The molecule has 1 aromatic rings. The third kappa shape index (κ3) is 3.67. The molecule has 0 heterocycles. The molecule has 2 rings (SSSR count). The lowest BCUT2D eigenvalue weighted by Crippen LogP contribution is -2.37. The van der Waals surface area contributed by atoms with E-state index >= 15 is 0 Å². The first-order valence-corrected chi connectivity index (χ1v) is 7.09. The maximum Gasteiger partial charge on any atom is 0.312 e. The average molecular weight is 330 g/mol. The second-order valence-corrected chi connectivity index (χ2v) is 5.86. The first kappa shape index (κ1) is 14.3. The highest BCUT2D eigenvalue weighted by molar-refractivity contribution is 9.10. The Labute approximate surface area is 119 Å². The Balaban J connectivity index is 2.08. The Morgan fingerprint density at radius 3 is 2.68 bits per heavy atom. The molecule has 0 spiro atoms. The van der Waals surface area contributed by atoms with Crippen LogP contribution in [0.1, 0.15) is 32.1 Å². The summed E-state index contributed by atoms with van der Waals surface area (Å²) in [6.07, 6.45) is 4.46. The molecular formula is C13H16BrNO4. The Morgan fingerprint density at radius 2 is 2.05 bits per heavy atom. The fourth-order valence-corrected chi connectivity index (χ4v) is 2.67. The molecule has 19 heavy (non-hydrogen) atoms. The summed E-state index contributed by atoms with van der Waals surface area (Å²) in [5.41, 5.74) is -0.937. The minimum absolute atomic E-state index is 0.0891. The van der Waals surface area contributed by atoms with Gasteiger partial charge in [-0.3, -0.25) is 10.1 Å². The van der Waals surface area contributed by atoms with Crippen molar-refractivity contribution >= 4 is 21.6 Å². The second-order valence-electron chi connectivity index (χ2n) is 4.94. The summed E-state index contributed by atoms with van der Waals surface area (Å²) in [4.78, 5) is 10.5. The van der Waals surface area contributed by atoms with Crippen LogP contribution in [0.25, 0.3) is 0 Å². The van der Waals surface area contributed by atoms with Crippen molar-refractivity contribution in [3.05, 3.63) is 32.8 Å². The smallest absolute Gasteiger partial charge is 0.312 e. The molecule has 1 aromatic carbocycles. The van der Waals surface area contributed by atoms with E-state index in [4.69, 9.17) is 4.74 Å². The second kappa shape index (κ2) is 5.88. The van der Waals surface area contributed by atoms with Crippen LogP contribution >= 0.6 is 15.9 Å². The number of nitro benzene ring substituents is 1. The normalized spacial score (nSPS) is 18.0. The van der Waals surface area contributed by atoms with Gasteiger partial charge in [-0.15, -0.1) is 0 Å². The van der Waals surface area contributed by atoms with E-state index in [2.05, 4.69) is 15.9 Å². The molecule has 104 valence electrons. The first-order chi connectivity index (χ1) is 9.00. The number of halogens is 1. The molecule has 5 nitrogen and oxygen atoms in total. The standard InChI is InChI=1S/C13H16BrNO4/c14-10-4-5-12(11(8-10)15(17)18)19-9-13(16)6-2-1-3-7-13/h4-5,8,16H,1-3,6-7,9H2. The van der Waals surface area contributed by atoms with E-state index < -0.39 is 10.5 Å². The molecule has 1 aliphatic carbocycles. The van der Waals surface area contributed by atoms with Crippen molar-refractivity contribution in [2.75, 3.05) is 6.61 Å². The van der Waals surface area contributed by atoms with Crippen molar-refractivity contribution < 1.29 is 14.8 Å². The summed E-state index contributed by atoms with van der Waals surface area (Å²) in [5, 5.41) is 21.3. The Bertz CT molecular complexity index is 472. The Kier molecular flexibility index (Phi) is 4.42. The number of ether oxygens (including phenoxy) is 1. The molecule has 0 aliphatic heterocycles. The molecule has 1 N–H and O–H groups in total. The van der Waals surface area contributed by atoms with E-state index in [9.17, 15) is 15.2 Å². The van der Waals surface area contributed by atoms with Gasteiger partial charge in [-0.1, -0.05) is 35.2 Å². The summed E-state index contributed by atoms with van der Waals surface area (Å²) in [5.74, 6) is 0.201. The Hall–Kier alpha value is -1.14. The zero-order valence-electron chi connectivity index (χ0n) is 10.5. The molecule has 0 amide bonds. The predicted molar refractivity (Wildman–Crippen MR) is 74.3 cm³/mol. The van der Waals surface area contributed by atoms with E-state index in [0.717, 1.165) is 19.3 Å². The van der Waals surface area contributed by atoms with Crippen LogP contribution in [0.3, 0.4) is 0 Å². The quantitative estimate of drug-likeness (QED) is 0.678. The van der Waals surface area contributed by atoms with Gasteiger partial charge in [0.25, 0.3) is 0 Å². The molecule has 0 aromatic heterocycles. The zero-order chi connectivity index (χ0) is 13.9. The highest BCUT2D eigenvalue weighted by atomic mass is 79.9. The fraction of sp³-hybridized carbons (Fsp3) is 0.538. The van der Waals surface area contributed by atoms with Gasteiger partial charge in [-0.2, -0.15) is 0 Å². The lowest BCUT2D eigenvalue weighted by Gasteiger charge is -2.31. The SMILES string of the molecule is O=[N+]([O-])c1cc(Br)ccc1OCC1(O)CCCCC1.